The Hall–Kier alpha value is -3.97. The Labute approximate surface area is 194 Å². The summed E-state index contributed by atoms with van der Waals surface area (Å²) in [5, 5.41) is 7.90. The summed E-state index contributed by atoms with van der Waals surface area (Å²) in [6, 6.07) is 26.3. The zero-order valence-electron chi connectivity index (χ0n) is 17.5. The van der Waals surface area contributed by atoms with E-state index in [1.54, 1.807) is 18.2 Å². The quantitative estimate of drug-likeness (QED) is 0.372. The molecule has 33 heavy (non-hydrogen) atoms. The molecule has 0 fully saturated rings. The molecule has 0 atom stereocenters. The summed E-state index contributed by atoms with van der Waals surface area (Å²) in [6.45, 7) is 0.191. The first-order valence-corrected chi connectivity index (χ1v) is 11.4. The van der Waals surface area contributed by atoms with Crippen molar-refractivity contribution < 1.29 is 19.1 Å². The number of amides is 2. The number of hydrogen-bond acceptors (Lipinski definition) is 5. The van der Waals surface area contributed by atoms with Crippen LogP contribution in [0, 0.1) is 0 Å². The molecule has 0 saturated heterocycles. The highest BCUT2D eigenvalue weighted by Gasteiger charge is 2.14. The van der Waals surface area contributed by atoms with Gasteiger partial charge in [0.15, 0.2) is 11.5 Å². The zero-order valence-corrected chi connectivity index (χ0v) is 18.4. The van der Waals surface area contributed by atoms with Crippen LogP contribution in [-0.2, 0) is 4.79 Å². The molecule has 0 aliphatic carbocycles. The molecule has 2 amide bonds. The second-order valence-corrected chi connectivity index (χ2v) is 8.50. The minimum atomic E-state index is -0.177. The van der Waals surface area contributed by atoms with Crippen LogP contribution < -0.4 is 20.1 Å². The highest BCUT2D eigenvalue weighted by atomic mass is 32.2. The van der Waals surface area contributed by atoms with Gasteiger partial charge in [-0.05, 0) is 53.2 Å². The molecule has 4 aromatic rings. The predicted octanol–water partition coefficient (Wildman–Crippen LogP) is 5.55. The van der Waals surface area contributed by atoms with Gasteiger partial charge in [0.1, 0.15) is 0 Å². The van der Waals surface area contributed by atoms with Gasteiger partial charge < -0.3 is 20.1 Å². The van der Waals surface area contributed by atoms with Gasteiger partial charge in [-0.25, -0.2) is 0 Å². The van der Waals surface area contributed by atoms with E-state index in [9.17, 15) is 9.59 Å². The number of carbonyl (C=O) groups excluding carboxylic acids is 2. The number of fused-ring (bicyclic) bond motifs is 2. The van der Waals surface area contributed by atoms with E-state index in [0.29, 0.717) is 28.4 Å². The van der Waals surface area contributed by atoms with Crippen molar-refractivity contribution in [3.05, 3.63) is 90.5 Å². The minimum Gasteiger partial charge on any atom is -0.454 e. The Kier molecular flexibility index (Phi) is 5.87. The van der Waals surface area contributed by atoms with E-state index in [2.05, 4.69) is 10.6 Å². The summed E-state index contributed by atoms with van der Waals surface area (Å²) in [4.78, 5) is 26.0. The molecule has 0 radical (unpaired) electrons. The lowest BCUT2D eigenvalue weighted by Gasteiger charge is -2.09. The molecular formula is C26H20N2O4S. The Balaban J connectivity index is 1.19. The van der Waals surface area contributed by atoms with Gasteiger partial charge in [0.05, 0.1) is 5.75 Å². The third-order valence-electron chi connectivity index (χ3n) is 5.13. The molecule has 1 aliphatic rings. The molecule has 5 rings (SSSR count). The lowest BCUT2D eigenvalue weighted by Crippen LogP contribution is -2.14. The molecule has 1 heterocycles. The van der Waals surface area contributed by atoms with E-state index >= 15 is 0 Å². The van der Waals surface area contributed by atoms with E-state index in [4.69, 9.17) is 9.47 Å². The zero-order chi connectivity index (χ0) is 22.6. The summed E-state index contributed by atoms with van der Waals surface area (Å²) < 4.78 is 10.6. The Bertz CT molecular complexity index is 1360. The minimum absolute atomic E-state index is 0.135. The maximum absolute atomic E-state index is 12.7. The van der Waals surface area contributed by atoms with Crippen LogP contribution in [0.5, 0.6) is 11.5 Å². The molecule has 0 unspecified atom stereocenters. The molecule has 7 heteroatoms. The summed E-state index contributed by atoms with van der Waals surface area (Å²) in [5.41, 5.74) is 1.92. The van der Waals surface area contributed by atoms with E-state index in [-0.39, 0.29) is 24.4 Å². The van der Waals surface area contributed by atoms with Gasteiger partial charge in [-0.3, -0.25) is 9.59 Å². The lowest BCUT2D eigenvalue weighted by molar-refractivity contribution is -0.113. The first-order valence-electron chi connectivity index (χ1n) is 10.4. The van der Waals surface area contributed by atoms with Crippen molar-refractivity contribution in [3.63, 3.8) is 0 Å². The summed E-state index contributed by atoms with van der Waals surface area (Å²) in [7, 11) is 0. The number of carbonyl (C=O) groups is 2. The standard InChI is InChI=1S/C26H20N2O4S/c29-25(27-21-10-11-23-24(14-21)32-16-31-23)15-33-22-7-3-6-20(13-22)28-26(30)19-9-8-17-4-1-2-5-18(17)12-19/h1-14H,15-16H2,(H,27,29)(H,28,30). The van der Waals surface area contributed by atoms with Crippen LogP contribution in [0.1, 0.15) is 10.4 Å². The predicted molar refractivity (Wildman–Crippen MR) is 130 cm³/mol. The van der Waals surface area contributed by atoms with Crippen molar-refractivity contribution in [3.8, 4) is 11.5 Å². The monoisotopic (exact) mass is 456 g/mol. The summed E-state index contributed by atoms with van der Waals surface area (Å²) >= 11 is 1.39. The summed E-state index contributed by atoms with van der Waals surface area (Å²) in [5.74, 6) is 1.21. The Morgan fingerprint density at radius 3 is 2.48 bits per heavy atom. The van der Waals surface area contributed by atoms with Crippen LogP contribution in [0.4, 0.5) is 11.4 Å². The van der Waals surface area contributed by atoms with Crippen LogP contribution in [-0.4, -0.2) is 24.4 Å². The van der Waals surface area contributed by atoms with Crippen LogP contribution in [0.2, 0.25) is 0 Å². The molecular weight excluding hydrogens is 436 g/mol. The third-order valence-corrected chi connectivity index (χ3v) is 6.12. The SMILES string of the molecule is O=C(CSc1cccc(NC(=O)c2ccc3ccccc3c2)c1)Nc1ccc2c(c1)OCO2. The highest BCUT2D eigenvalue weighted by molar-refractivity contribution is 8.00. The van der Waals surface area contributed by atoms with Crippen LogP contribution in [0.25, 0.3) is 10.8 Å². The number of thioether (sulfide) groups is 1. The second-order valence-electron chi connectivity index (χ2n) is 7.45. The van der Waals surface area contributed by atoms with Crippen molar-refractivity contribution in [2.45, 2.75) is 4.90 Å². The van der Waals surface area contributed by atoms with Crippen molar-refractivity contribution in [1.29, 1.82) is 0 Å². The number of hydrogen-bond donors (Lipinski definition) is 2. The van der Waals surface area contributed by atoms with E-state index in [0.717, 1.165) is 15.7 Å². The fourth-order valence-electron chi connectivity index (χ4n) is 3.52. The topological polar surface area (TPSA) is 76.7 Å². The Morgan fingerprint density at radius 2 is 1.58 bits per heavy atom. The smallest absolute Gasteiger partial charge is 0.255 e. The highest BCUT2D eigenvalue weighted by Crippen LogP contribution is 2.34. The average molecular weight is 457 g/mol. The number of benzene rings is 4. The first kappa shape index (κ1) is 20.9. The molecule has 4 aromatic carbocycles. The van der Waals surface area contributed by atoms with Gasteiger partial charge in [0.25, 0.3) is 5.91 Å². The summed E-state index contributed by atoms with van der Waals surface area (Å²) in [6.07, 6.45) is 0. The molecule has 0 saturated carbocycles. The Morgan fingerprint density at radius 1 is 0.758 bits per heavy atom. The van der Waals surface area contributed by atoms with Crippen LogP contribution >= 0.6 is 11.8 Å². The number of ether oxygens (including phenoxy) is 2. The molecule has 0 aromatic heterocycles. The van der Waals surface area contributed by atoms with Crippen molar-refractivity contribution in [2.24, 2.45) is 0 Å². The molecule has 2 N–H and O–H groups in total. The lowest BCUT2D eigenvalue weighted by atomic mass is 10.1. The van der Waals surface area contributed by atoms with Gasteiger partial charge >= 0.3 is 0 Å². The molecule has 6 nitrogen and oxygen atoms in total. The molecule has 1 aliphatic heterocycles. The van der Waals surface area contributed by atoms with E-state index < -0.39 is 0 Å². The van der Waals surface area contributed by atoms with Crippen molar-refractivity contribution in [2.75, 3.05) is 23.2 Å². The van der Waals surface area contributed by atoms with E-state index in [1.165, 1.54) is 11.8 Å². The fraction of sp³-hybridized carbons (Fsp3) is 0.0769. The average Bonchev–Trinajstić information content (AvgIpc) is 3.31. The normalized spacial score (nSPS) is 11.9. The maximum Gasteiger partial charge on any atom is 0.255 e. The third kappa shape index (κ3) is 4.94. The first-order chi connectivity index (χ1) is 16.1. The fourth-order valence-corrected chi connectivity index (χ4v) is 4.27. The van der Waals surface area contributed by atoms with Gasteiger partial charge in [-0.1, -0.05) is 36.4 Å². The van der Waals surface area contributed by atoms with Crippen molar-refractivity contribution in [1.82, 2.24) is 0 Å². The molecule has 0 spiro atoms. The molecule has 0 bridgehead atoms. The number of rotatable bonds is 6. The van der Waals surface area contributed by atoms with Crippen LogP contribution in [0.15, 0.2) is 89.8 Å². The van der Waals surface area contributed by atoms with Gasteiger partial charge in [-0.2, -0.15) is 0 Å². The van der Waals surface area contributed by atoms with Crippen LogP contribution in [0.3, 0.4) is 0 Å². The largest absolute Gasteiger partial charge is 0.454 e. The number of anilines is 2. The van der Waals surface area contributed by atoms with Gasteiger partial charge in [0.2, 0.25) is 12.7 Å². The molecule has 164 valence electrons. The van der Waals surface area contributed by atoms with E-state index in [1.807, 2.05) is 66.7 Å². The van der Waals surface area contributed by atoms with Gasteiger partial charge in [-0.15, -0.1) is 11.8 Å². The van der Waals surface area contributed by atoms with Gasteiger partial charge in [0, 0.05) is 27.9 Å². The maximum atomic E-state index is 12.7. The second kappa shape index (κ2) is 9.26. The van der Waals surface area contributed by atoms with Crippen molar-refractivity contribution >= 4 is 45.7 Å². The number of nitrogens with one attached hydrogen (secondary N) is 2.